The van der Waals surface area contributed by atoms with E-state index in [2.05, 4.69) is 265 Å². The van der Waals surface area contributed by atoms with Crippen molar-refractivity contribution in [1.29, 1.82) is 0 Å². The van der Waals surface area contributed by atoms with Crippen LogP contribution in [-0.4, -0.2) is 8.07 Å². The molecule has 0 saturated heterocycles. The van der Waals surface area contributed by atoms with Gasteiger partial charge in [-0.2, -0.15) is 0 Å². The first kappa shape index (κ1) is 36.4. The Morgan fingerprint density at radius 1 is 0.279 bits per heavy atom. The Hall–Kier alpha value is -7.72. The third kappa shape index (κ3) is 6.26. The molecule has 2 nitrogen and oxygen atoms in total. The van der Waals surface area contributed by atoms with E-state index in [1.165, 1.54) is 53.4 Å². The van der Waals surface area contributed by atoms with E-state index >= 15 is 0 Å². The van der Waals surface area contributed by atoms with Crippen LogP contribution in [0.15, 0.2) is 243 Å². The zero-order valence-electron chi connectivity index (χ0n) is 33.6. The molecule has 3 heteroatoms. The highest BCUT2D eigenvalue weighted by molar-refractivity contribution is 7.20. The predicted molar refractivity (Wildman–Crippen MR) is 263 cm³/mol. The number of nitrogens with zero attached hydrogens (tertiary/aromatic N) is 2. The second-order valence-electron chi connectivity index (χ2n) is 15.7. The fraction of sp³-hybridized carbons (Fsp3) is 0. The lowest BCUT2D eigenvalue weighted by Crippen LogP contribution is -2.75. The summed E-state index contributed by atoms with van der Waals surface area (Å²) in [5, 5.41) is 10.3. The normalized spacial score (nSPS) is 12.7. The lowest BCUT2D eigenvalue weighted by atomic mass is 10.0. The Balaban J connectivity index is 1.17. The van der Waals surface area contributed by atoms with Crippen molar-refractivity contribution < 1.29 is 0 Å². The minimum Gasteiger partial charge on any atom is -0.310 e. The maximum absolute atomic E-state index is 2.95. The first-order chi connectivity index (χ1) is 30.3. The minimum absolute atomic E-state index is 1.12. The lowest BCUT2D eigenvalue weighted by molar-refractivity contribution is 1.30. The molecule has 0 unspecified atom stereocenters. The molecule has 11 rings (SSSR count). The van der Waals surface area contributed by atoms with E-state index in [0.717, 1.165) is 34.1 Å². The maximum atomic E-state index is 2.44. The predicted octanol–water partition coefficient (Wildman–Crippen LogP) is 12.8. The SMILES string of the molecule is C1=Cc2cc(N(c3ccccc3)c3cccc4ccccc34)ccc2[Si](c2ccccc2)(c2ccccc2)c2ccc(N(c3ccccc3)c3cccc4ccccc34)cc21. The number of fused-ring (bicyclic) bond motifs is 4. The van der Waals surface area contributed by atoms with Crippen molar-refractivity contribution in [3.05, 3.63) is 254 Å². The molecule has 0 amide bonds. The van der Waals surface area contributed by atoms with E-state index in [1.54, 1.807) is 0 Å². The third-order valence-corrected chi connectivity index (χ3v) is 17.2. The van der Waals surface area contributed by atoms with Gasteiger partial charge in [0.25, 0.3) is 0 Å². The summed E-state index contributed by atoms with van der Waals surface area (Å²) in [5.74, 6) is 0. The van der Waals surface area contributed by atoms with Crippen molar-refractivity contribution in [3.8, 4) is 0 Å². The van der Waals surface area contributed by atoms with E-state index < -0.39 is 8.07 Å². The van der Waals surface area contributed by atoms with Crippen LogP contribution < -0.4 is 30.5 Å². The molecule has 0 saturated carbocycles. The molecule has 0 radical (unpaired) electrons. The molecule has 288 valence electrons. The zero-order chi connectivity index (χ0) is 40.6. The Labute approximate surface area is 358 Å². The number of rotatable bonds is 8. The Bertz CT molecular complexity index is 2970. The van der Waals surface area contributed by atoms with Crippen LogP contribution >= 0.6 is 0 Å². The van der Waals surface area contributed by atoms with Gasteiger partial charge >= 0.3 is 0 Å². The standard InChI is InChI=1S/C58H42N2Si/c1-5-23-47(24-6-1)59(55-33-17-21-43-19-13-15-31-53(43)55)49-37-39-57-45(41-49)35-36-46-42-50(38-40-58(46)61(57,51-27-9-3-10-28-51)52-29-11-4-12-30-52)60(48-25-7-2-8-26-48)56-34-18-22-44-20-14-16-32-54(44)56/h1-42H. The van der Waals surface area contributed by atoms with Crippen molar-refractivity contribution >= 4 is 96.6 Å². The summed E-state index contributed by atoms with van der Waals surface area (Å²) in [6.45, 7) is 0. The third-order valence-electron chi connectivity index (χ3n) is 12.3. The summed E-state index contributed by atoms with van der Waals surface area (Å²) >= 11 is 0. The van der Waals surface area contributed by atoms with Crippen molar-refractivity contribution in [3.63, 3.8) is 0 Å². The van der Waals surface area contributed by atoms with Gasteiger partial charge < -0.3 is 9.80 Å². The first-order valence-corrected chi connectivity index (χ1v) is 23.0. The van der Waals surface area contributed by atoms with Crippen LogP contribution in [0.3, 0.4) is 0 Å². The van der Waals surface area contributed by atoms with Crippen molar-refractivity contribution in [2.75, 3.05) is 9.80 Å². The zero-order valence-corrected chi connectivity index (χ0v) is 34.6. The summed E-state index contributed by atoms with van der Waals surface area (Å²) in [6, 6.07) is 89.2. The van der Waals surface area contributed by atoms with Gasteiger partial charge in [-0.05, 0) is 103 Å². The summed E-state index contributed by atoms with van der Waals surface area (Å²) in [6.07, 6.45) is 4.75. The van der Waals surface area contributed by atoms with Gasteiger partial charge in [0, 0.05) is 33.5 Å². The van der Waals surface area contributed by atoms with Crippen molar-refractivity contribution in [1.82, 2.24) is 0 Å². The molecule has 0 aromatic heterocycles. The molecule has 0 N–H and O–H groups in total. The van der Waals surface area contributed by atoms with E-state index in [1.807, 2.05) is 0 Å². The topological polar surface area (TPSA) is 6.48 Å². The fourth-order valence-corrected chi connectivity index (χ4v) is 14.7. The largest absolute Gasteiger partial charge is 0.310 e. The maximum Gasteiger partial charge on any atom is 0.180 e. The molecule has 0 atom stereocenters. The van der Waals surface area contributed by atoms with E-state index in [-0.39, 0.29) is 0 Å². The summed E-state index contributed by atoms with van der Waals surface area (Å²) in [7, 11) is -2.95. The number of anilines is 6. The molecular formula is C58H42N2Si. The average Bonchev–Trinajstić information content (AvgIpc) is 3.48. The van der Waals surface area contributed by atoms with Gasteiger partial charge in [-0.1, -0.05) is 194 Å². The Morgan fingerprint density at radius 2 is 0.639 bits per heavy atom. The van der Waals surface area contributed by atoms with Crippen LogP contribution in [0.25, 0.3) is 33.7 Å². The second kappa shape index (κ2) is 15.5. The Kier molecular flexibility index (Phi) is 9.22. The Morgan fingerprint density at radius 3 is 1.07 bits per heavy atom. The smallest absolute Gasteiger partial charge is 0.180 e. The molecule has 61 heavy (non-hydrogen) atoms. The summed E-state index contributed by atoms with van der Waals surface area (Å²) in [5.41, 5.74) is 9.23. The van der Waals surface area contributed by atoms with Crippen LogP contribution in [0.1, 0.15) is 11.1 Å². The molecule has 0 fully saturated rings. The molecule has 1 aliphatic heterocycles. The number of para-hydroxylation sites is 2. The highest BCUT2D eigenvalue weighted by Crippen LogP contribution is 2.41. The summed E-state index contributed by atoms with van der Waals surface area (Å²) in [4.78, 5) is 4.84. The van der Waals surface area contributed by atoms with Gasteiger partial charge in [0.15, 0.2) is 8.07 Å². The highest BCUT2D eigenvalue weighted by Gasteiger charge is 2.45. The van der Waals surface area contributed by atoms with Gasteiger partial charge in [-0.15, -0.1) is 0 Å². The monoisotopic (exact) mass is 794 g/mol. The van der Waals surface area contributed by atoms with Crippen LogP contribution in [0.4, 0.5) is 34.1 Å². The number of hydrogen-bond acceptors (Lipinski definition) is 2. The fourth-order valence-electron chi connectivity index (χ4n) is 9.64. The molecule has 10 aromatic rings. The van der Waals surface area contributed by atoms with Crippen LogP contribution in [0.5, 0.6) is 0 Å². The van der Waals surface area contributed by atoms with Crippen LogP contribution in [0, 0.1) is 0 Å². The molecule has 0 aliphatic carbocycles. The van der Waals surface area contributed by atoms with Gasteiger partial charge in [0.2, 0.25) is 0 Å². The second-order valence-corrected chi connectivity index (χ2v) is 19.4. The molecule has 10 aromatic carbocycles. The molecule has 1 heterocycles. The highest BCUT2D eigenvalue weighted by atomic mass is 28.3. The molecular weight excluding hydrogens is 753 g/mol. The van der Waals surface area contributed by atoms with Gasteiger partial charge in [0.05, 0.1) is 11.4 Å². The van der Waals surface area contributed by atoms with Crippen LogP contribution in [-0.2, 0) is 0 Å². The van der Waals surface area contributed by atoms with E-state index in [4.69, 9.17) is 0 Å². The molecule has 0 bridgehead atoms. The van der Waals surface area contributed by atoms with Crippen molar-refractivity contribution in [2.45, 2.75) is 0 Å². The number of hydrogen-bond donors (Lipinski definition) is 0. The van der Waals surface area contributed by atoms with Gasteiger partial charge in [0.1, 0.15) is 0 Å². The van der Waals surface area contributed by atoms with Gasteiger partial charge in [-0.25, -0.2) is 0 Å². The molecule has 0 spiro atoms. The summed E-state index contributed by atoms with van der Waals surface area (Å²) < 4.78 is 0. The minimum atomic E-state index is -2.95. The number of benzene rings is 10. The van der Waals surface area contributed by atoms with Crippen LogP contribution in [0.2, 0.25) is 0 Å². The first-order valence-electron chi connectivity index (χ1n) is 21.0. The van der Waals surface area contributed by atoms with E-state index in [0.29, 0.717) is 0 Å². The lowest BCUT2D eigenvalue weighted by Gasteiger charge is -2.37. The van der Waals surface area contributed by atoms with Crippen molar-refractivity contribution in [2.24, 2.45) is 0 Å². The van der Waals surface area contributed by atoms with E-state index in [9.17, 15) is 0 Å². The molecule has 1 aliphatic rings. The average molecular weight is 795 g/mol. The van der Waals surface area contributed by atoms with Gasteiger partial charge in [-0.3, -0.25) is 0 Å². The quantitative estimate of drug-likeness (QED) is 0.141.